The molecule has 0 fully saturated rings. The van der Waals surface area contributed by atoms with Crippen LogP contribution in [0.4, 0.5) is 0 Å². The van der Waals surface area contributed by atoms with Gasteiger partial charge in [0.2, 0.25) is 0 Å². The van der Waals surface area contributed by atoms with Crippen LogP contribution in [0.15, 0.2) is 28.7 Å². The summed E-state index contributed by atoms with van der Waals surface area (Å²) in [4.78, 5) is 11.7. The molecule has 0 saturated heterocycles. The topological polar surface area (TPSA) is 20.3 Å². The molecular weight excluding hydrogens is 218 g/mol. The van der Waals surface area contributed by atoms with Gasteiger partial charge in [0.15, 0.2) is 0 Å². The highest BCUT2D eigenvalue weighted by Crippen LogP contribution is 2.16. The van der Waals surface area contributed by atoms with E-state index in [1.54, 1.807) is 13.5 Å². The Labute approximate surface area is 80.3 Å². The van der Waals surface area contributed by atoms with E-state index < -0.39 is 0 Å². The van der Waals surface area contributed by atoms with Gasteiger partial charge in [0.1, 0.15) is 0 Å². The Hall–Kier alpha value is -0.830. The molecule has 1 aromatic rings. The Balaban J connectivity index is 2.75. The molecule has 0 aromatic heterocycles. The van der Waals surface area contributed by atoms with E-state index in [0.29, 0.717) is 6.54 Å². The number of rotatable bonds is 3. The molecule has 0 N–H and O–H groups in total. The van der Waals surface area contributed by atoms with Gasteiger partial charge in [0.25, 0.3) is 0 Å². The van der Waals surface area contributed by atoms with Gasteiger partial charge in [-0.05, 0) is 11.6 Å². The van der Waals surface area contributed by atoms with E-state index in [-0.39, 0.29) is 0 Å². The molecule has 2 nitrogen and oxygen atoms in total. The van der Waals surface area contributed by atoms with Crippen LogP contribution in [0.5, 0.6) is 0 Å². The summed E-state index contributed by atoms with van der Waals surface area (Å²) >= 11 is 3.40. The fourth-order valence-electron chi connectivity index (χ4n) is 0.914. The molecule has 0 aliphatic heterocycles. The Morgan fingerprint density at radius 2 is 2.17 bits per heavy atom. The molecule has 0 aliphatic carbocycles. The maximum absolute atomic E-state index is 10.2. The monoisotopic (exact) mass is 226 g/mol. The van der Waals surface area contributed by atoms with Crippen molar-refractivity contribution in [2.45, 2.75) is 6.54 Å². The summed E-state index contributed by atoms with van der Waals surface area (Å²) < 4.78 is 1.02. The SMILES string of the molecule is CN([C]=O)Cc1ccccc1Br. The molecule has 1 rings (SSSR count). The molecule has 63 valence electrons. The Morgan fingerprint density at radius 3 is 2.75 bits per heavy atom. The standard InChI is InChI=1S/C9H9BrNO/c1-11(7-12)6-8-4-2-3-5-9(8)10/h2-5H,6H2,1H3. The number of amides is 1. The summed E-state index contributed by atoms with van der Waals surface area (Å²) in [7, 11) is 1.70. The number of benzene rings is 1. The minimum absolute atomic E-state index is 0.588. The van der Waals surface area contributed by atoms with Crippen LogP contribution in [0.25, 0.3) is 0 Å². The third-order valence-corrected chi connectivity index (χ3v) is 2.29. The number of carbonyl (C=O) groups excluding carboxylic acids is 1. The van der Waals surface area contributed by atoms with E-state index in [4.69, 9.17) is 0 Å². The van der Waals surface area contributed by atoms with Crippen LogP contribution in [0.3, 0.4) is 0 Å². The molecule has 0 saturated carbocycles. The highest BCUT2D eigenvalue weighted by atomic mass is 79.9. The molecule has 12 heavy (non-hydrogen) atoms. The Bertz CT molecular complexity index is 275. The van der Waals surface area contributed by atoms with Gasteiger partial charge in [0, 0.05) is 18.1 Å². The predicted molar refractivity (Wildman–Crippen MR) is 51.3 cm³/mol. The Kier molecular flexibility index (Phi) is 3.29. The average Bonchev–Trinajstić information content (AvgIpc) is 2.09. The normalized spacial score (nSPS) is 9.50. The van der Waals surface area contributed by atoms with E-state index in [0.717, 1.165) is 10.0 Å². The minimum atomic E-state index is 0.588. The first kappa shape index (κ1) is 9.26. The van der Waals surface area contributed by atoms with Crippen LogP contribution < -0.4 is 0 Å². The van der Waals surface area contributed by atoms with Gasteiger partial charge in [-0.15, -0.1) is 0 Å². The number of hydrogen-bond acceptors (Lipinski definition) is 1. The van der Waals surface area contributed by atoms with Crippen LogP contribution in [0, 0.1) is 0 Å². The van der Waals surface area contributed by atoms with Crippen molar-refractivity contribution in [2.75, 3.05) is 7.05 Å². The third-order valence-electron chi connectivity index (χ3n) is 1.52. The first-order valence-corrected chi connectivity index (χ1v) is 4.35. The first-order chi connectivity index (χ1) is 5.74. The van der Waals surface area contributed by atoms with Crippen molar-refractivity contribution in [3.05, 3.63) is 34.3 Å². The largest absolute Gasteiger partial charge is 0.333 e. The molecule has 0 aliphatic rings. The van der Waals surface area contributed by atoms with Gasteiger partial charge in [0.05, 0.1) is 0 Å². The molecular formula is C9H9BrNO. The number of hydrogen-bond donors (Lipinski definition) is 0. The van der Waals surface area contributed by atoms with Crippen LogP contribution in [0.1, 0.15) is 5.56 Å². The summed E-state index contributed by atoms with van der Waals surface area (Å²) in [5.41, 5.74) is 1.09. The number of halogens is 1. The third kappa shape index (κ3) is 2.34. The quantitative estimate of drug-likeness (QED) is 0.722. The second-order valence-corrected chi connectivity index (χ2v) is 3.39. The summed E-state index contributed by atoms with van der Waals surface area (Å²) in [6, 6.07) is 7.81. The summed E-state index contributed by atoms with van der Waals surface area (Å²) in [6.07, 6.45) is 1.80. The summed E-state index contributed by atoms with van der Waals surface area (Å²) in [5.74, 6) is 0. The Morgan fingerprint density at radius 1 is 1.50 bits per heavy atom. The molecule has 3 heteroatoms. The minimum Gasteiger partial charge on any atom is -0.333 e. The van der Waals surface area contributed by atoms with Crippen LogP contribution in [-0.4, -0.2) is 18.4 Å². The average molecular weight is 227 g/mol. The maximum Gasteiger partial charge on any atom is 0.312 e. The lowest BCUT2D eigenvalue weighted by molar-refractivity contribution is 0.430. The fraction of sp³-hybridized carbons (Fsp3) is 0.222. The molecule has 1 amide bonds. The molecule has 0 spiro atoms. The lowest BCUT2D eigenvalue weighted by atomic mass is 10.2. The summed E-state index contributed by atoms with van der Waals surface area (Å²) in [5, 5.41) is 0. The highest BCUT2D eigenvalue weighted by Gasteiger charge is 2.00. The predicted octanol–water partition coefficient (Wildman–Crippen LogP) is 1.95. The molecule has 0 unspecified atom stereocenters. The zero-order valence-electron chi connectivity index (χ0n) is 6.75. The first-order valence-electron chi connectivity index (χ1n) is 3.56. The van der Waals surface area contributed by atoms with Crippen molar-refractivity contribution in [2.24, 2.45) is 0 Å². The molecule has 1 radical (unpaired) electrons. The van der Waals surface area contributed by atoms with Crippen molar-refractivity contribution in [3.63, 3.8) is 0 Å². The van der Waals surface area contributed by atoms with Crippen molar-refractivity contribution in [1.29, 1.82) is 0 Å². The van der Waals surface area contributed by atoms with Crippen molar-refractivity contribution < 1.29 is 4.79 Å². The molecule has 0 heterocycles. The lowest BCUT2D eigenvalue weighted by Gasteiger charge is -2.10. The van der Waals surface area contributed by atoms with Crippen LogP contribution in [0.2, 0.25) is 0 Å². The lowest BCUT2D eigenvalue weighted by Crippen LogP contribution is -2.14. The maximum atomic E-state index is 10.2. The second-order valence-electron chi connectivity index (χ2n) is 2.54. The van der Waals surface area contributed by atoms with Gasteiger partial charge >= 0.3 is 6.41 Å². The van der Waals surface area contributed by atoms with Crippen molar-refractivity contribution in [3.8, 4) is 0 Å². The van der Waals surface area contributed by atoms with Crippen LogP contribution in [-0.2, 0) is 11.3 Å². The van der Waals surface area contributed by atoms with Crippen LogP contribution >= 0.6 is 15.9 Å². The van der Waals surface area contributed by atoms with E-state index in [1.807, 2.05) is 24.3 Å². The molecule has 0 bridgehead atoms. The van der Waals surface area contributed by atoms with E-state index >= 15 is 0 Å². The molecule has 1 aromatic carbocycles. The van der Waals surface area contributed by atoms with Gasteiger partial charge in [-0.1, -0.05) is 34.1 Å². The zero-order valence-corrected chi connectivity index (χ0v) is 8.34. The molecule has 0 atom stereocenters. The smallest absolute Gasteiger partial charge is 0.312 e. The van der Waals surface area contributed by atoms with Gasteiger partial charge in [-0.25, -0.2) is 0 Å². The van der Waals surface area contributed by atoms with Crippen molar-refractivity contribution in [1.82, 2.24) is 4.90 Å². The van der Waals surface area contributed by atoms with Crippen molar-refractivity contribution >= 4 is 22.3 Å². The van der Waals surface area contributed by atoms with E-state index in [1.165, 1.54) is 4.90 Å². The van der Waals surface area contributed by atoms with E-state index in [9.17, 15) is 4.79 Å². The van der Waals surface area contributed by atoms with E-state index in [2.05, 4.69) is 15.9 Å². The second kappa shape index (κ2) is 4.26. The zero-order chi connectivity index (χ0) is 8.97. The van der Waals surface area contributed by atoms with Gasteiger partial charge < -0.3 is 4.90 Å². The van der Waals surface area contributed by atoms with Gasteiger partial charge in [-0.3, -0.25) is 4.79 Å². The summed E-state index contributed by atoms with van der Waals surface area (Å²) in [6.45, 7) is 0.588. The highest BCUT2D eigenvalue weighted by molar-refractivity contribution is 9.10. The van der Waals surface area contributed by atoms with Gasteiger partial charge in [-0.2, -0.15) is 0 Å². The number of nitrogens with zero attached hydrogens (tertiary/aromatic N) is 1. The fourth-order valence-corrected chi connectivity index (χ4v) is 1.32.